The molecule has 27 heavy (non-hydrogen) atoms. The lowest BCUT2D eigenvalue weighted by Crippen LogP contribution is -2.40. The van der Waals surface area contributed by atoms with Crippen molar-refractivity contribution < 1.29 is 0 Å². The maximum Gasteiger partial charge on any atom is 0.337 e. The van der Waals surface area contributed by atoms with Crippen LogP contribution >= 0.6 is 0 Å². The van der Waals surface area contributed by atoms with Crippen LogP contribution in [0.1, 0.15) is 17.0 Å². The number of aryl methyl sites for hydroxylation is 2. The number of rotatable bonds is 3. The van der Waals surface area contributed by atoms with Gasteiger partial charge in [-0.3, -0.25) is 14.3 Å². The van der Waals surface area contributed by atoms with E-state index < -0.39 is 5.69 Å². The van der Waals surface area contributed by atoms with Crippen molar-refractivity contribution in [1.29, 1.82) is 0 Å². The van der Waals surface area contributed by atoms with Gasteiger partial charge in [0.2, 0.25) is 0 Å². The van der Waals surface area contributed by atoms with Gasteiger partial charge < -0.3 is 0 Å². The lowest BCUT2D eigenvalue weighted by Gasteiger charge is -2.15. The van der Waals surface area contributed by atoms with E-state index in [9.17, 15) is 9.59 Å². The minimum Gasteiger partial charge on any atom is -0.268 e. The summed E-state index contributed by atoms with van der Waals surface area (Å²) in [5.41, 5.74) is 2.46. The summed E-state index contributed by atoms with van der Waals surface area (Å²) in [6.07, 6.45) is 1.65. The van der Waals surface area contributed by atoms with Crippen molar-refractivity contribution in [2.45, 2.75) is 20.4 Å². The number of aromatic nitrogens is 4. The van der Waals surface area contributed by atoms with Crippen LogP contribution in [0.3, 0.4) is 0 Å². The predicted octanol–water partition coefficient (Wildman–Crippen LogP) is 2.61. The number of benzene rings is 1. The van der Waals surface area contributed by atoms with Crippen LogP contribution in [0, 0.1) is 13.8 Å². The summed E-state index contributed by atoms with van der Waals surface area (Å²) < 4.78 is 2.72. The molecule has 3 heterocycles. The van der Waals surface area contributed by atoms with E-state index in [-0.39, 0.29) is 12.1 Å². The van der Waals surface area contributed by atoms with Gasteiger partial charge >= 0.3 is 5.69 Å². The third-order valence-electron chi connectivity index (χ3n) is 4.48. The third-order valence-corrected chi connectivity index (χ3v) is 4.48. The van der Waals surface area contributed by atoms with Gasteiger partial charge in [-0.05, 0) is 49.7 Å². The quantitative estimate of drug-likeness (QED) is 0.564. The fourth-order valence-electron chi connectivity index (χ4n) is 3.28. The fraction of sp³-hybridized carbons (Fsp3) is 0.143. The molecule has 0 fully saturated rings. The Bertz CT molecular complexity index is 1240. The highest BCUT2D eigenvalue weighted by Gasteiger charge is 2.18. The summed E-state index contributed by atoms with van der Waals surface area (Å²) in [5, 5.41) is 0.444. The maximum atomic E-state index is 13.3. The molecule has 0 unspecified atom stereocenters. The SMILES string of the molecule is Cc1cc(C)c2c(=O)n(Cc3ccccn3)c(=O)n(-c3ccccc3)c2n1. The number of hydrogen-bond donors (Lipinski definition) is 0. The van der Waals surface area contributed by atoms with E-state index in [0.29, 0.717) is 22.4 Å². The van der Waals surface area contributed by atoms with Crippen LogP contribution in [-0.2, 0) is 6.54 Å². The molecule has 0 aliphatic rings. The molecule has 0 bridgehead atoms. The number of hydrogen-bond acceptors (Lipinski definition) is 4. The highest BCUT2D eigenvalue weighted by molar-refractivity contribution is 5.79. The zero-order chi connectivity index (χ0) is 19.0. The lowest BCUT2D eigenvalue weighted by molar-refractivity contribution is 0.670. The molecule has 6 nitrogen and oxygen atoms in total. The Morgan fingerprint density at radius 2 is 1.70 bits per heavy atom. The Balaban J connectivity index is 2.11. The van der Waals surface area contributed by atoms with Gasteiger partial charge in [0, 0.05) is 11.9 Å². The number of pyridine rings is 2. The summed E-state index contributed by atoms with van der Waals surface area (Å²) in [6.45, 7) is 3.82. The molecular formula is C21H18N4O2. The summed E-state index contributed by atoms with van der Waals surface area (Å²) in [4.78, 5) is 35.2. The first kappa shape index (κ1) is 16.9. The first-order chi connectivity index (χ1) is 13.1. The minimum atomic E-state index is -0.429. The molecule has 0 N–H and O–H groups in total. The molecule has 4 aromatic rings. The molecule has 6 heteroatoms. The molecule has 0 spiro atoms. The van der Waals surface area contributed by atoms with Gasteiger partial charge in [-0.2, -0.15) is 0 Å². The van der Waals surface area contributed by atoms with Crippen molar-refractivity contribution in [3.8, 4) is 5.69 Å². The molecule has 0 radical (unpaired) electrons. The first-order valence-corrected chi connectivity index (χ1v) is 8.65. The van der Waals surface area contributed by atoms with Crippen molar-refractivity contribution >= 4 is 11.0 Å². The minimum absolute atomic E-state index is 0.106. The van der Waals surface area contributed by atoms with Crippen LogP contribution in [0.4, 0.5) is 0 Å². The third kappa shape index (κ3) is 2.95. The second-order valence-electron chi connectivity index (χ2n) is 6.45. The number of fused-ring (bicyclic) bond motifs is 1. The second-order valence-corrected chi connectivity index (χ2v) is 6.45. The van der Waals surface area contributed by atoms with E-state index in [1.807, 2.05) is 56.3 Å². The Hall–Kier alpha value is -3.54. The van der Waals surface area contributed by atoms with Crippen LogP contribution in [0.15, 0.2) is 70.4 Å². The molecule has 134 valence electrons. The Morgan fingerprint density at radius 1 is 0.963 bits per heavy atom. The summed E-state index contributed by atoms with van der Waals surface area (Å²) in [7, 11) is 0. The van der Waals surface area contributed by atoms with Crippen LogP contribution < -0.4 is 11.2 Å². The van der Waals surface area contributed by atoms with Crippen LogP contribution in [0.2, 0.25) is 0 Å². The van der Waals surface area contributed by atoms with Crippen molar-refractivity contribution in [1.82, 2.24) is 19.1 Å². The lowest BCUT2D eigenvalue weighted by atomic mass is 10.1. The molecule has 3 aromatic heterocycles. The van der Waals surface area contributed by atoms with Crippen LogP contribution in [-0.4, -0.2) is 19.1 Å². The standard InChI is InChI=1S/C21H18N4O2/c1-14-12-15(2)23-19-18(14)20(26)24(13-16-8-6-7-11-22-16)21(27)25(19)17-9-4-3-5-10-17/h3-12H,13H2,1-2H3. The number of para-hydroxylation sites is 1. The van der Waals surface area contributed by atoms with Gasteiger partial charge in [-0.1, -0.05) is 24.3 Å². The van der Waals surface area contributed by atoms with E-state index >= 15 is 0 Å². The average molecular weight is 358 g/mol. The summed E-state index contributed by atoms with van der Waals surface area (Å²) >= 11 is 0. The zero-order valence-corrected chi connectivity index (χ0v) is 15.1. The smallest absolute Gasteiger partial charge is 0.268 e. The first-order valence-electron chi connectivity index (χ1n) is 8.65. The van der Waals surface area contributed by atoms with E-state index in [0.717, 1.165) is 11.3 Å². The van der Waals surface area contributed by atoms with Crippen molar-refractivity contribution in [3.63, 3.8) is 0 Å². The van der Waals surface area contributed by atoms with Gasteiger partial charge in [0.15, 0.2) is 5.65 Å². The molecule has 0 aliphatic heterocycles. The molecule has 0 saturated carbocycles. The van der Waals surface area contributed by atoms with Gasteiger partial charge in [0.25, 0.3) is 5.56 Å². The highest BCUT2D eigenvalue weighted by Crippen LogP contribution is 2.16. The Morgan fingerprint density at radius 3 is 2.41 bits per heavy atom. The average Bonchev–Trinajstić information content (AvgIpc) is 2.66. The van der Waals surface area contributed by atoms with E-state index in [2.05, 4.69) is 9.97 Å². The molecular weight excluding hydrogens is 340 g/mol. The zero-order valence-electron chi connectivity index (χ0n) is 15.1. The normalized spacial score (nSPS) is 11.0. The molecule has 0 saturated heterocycles. The topological polar surface area (TPSA) is 69.8 Å². The molecule has 0 amide bonds. The largest absolute Gasteiger partial charge is 0.337 e. The summed E-state index contributed by atoms with van der Waals surface area (Å²) in [6, 6.07) is 16.5. The van der Waals surface area contributed by atoms with Gasteiger partial charge in [-0.15, -0.1) is 0 Å². The van der Waals surface area contributed by atoms with Crippen molar-refractivity contribution in [2.24, 2.45) is 0 Å². The van der Waals surface area contributed by atoms with Gasteiger partial charge in [0.1, 0.15) is 0 Å². The van der Waals surface area contributed by atoms with Crippen LogP contribution in [0.5, 0.6) is 0 Å². The fourth-order valence-corrected chi connectivity index (χ4v) is 3.28. The molecule has 4 rings (SSSR count). The van der Waals surface area contributed by atoms with E-state index in [1.165, 1.54) is 9.13 Å². The maximum absolute atomic E-state index is 13.3. The predicted molar refractivity (Wildman–Crippen MR) is 104 cm³/mol. The van der Waals surface area contributed by atoms with E-state index in [1.54, 1.807) is 18.3 Å². The second kappa shape index (κ2) is 6.64. The van der Waals surface area contributed by atoms with Gasteiger partial charge in [-0.25, -0.2) is 14.3 Å². The van der Waals surface area contributed by atoms with Gasteiger partial charge in [0.05, 0.1) is 23.3 Å². The van der Waals surface area contributed by atoms with Crippen molar-refractivity contribution in [2.75, 3.05) is 0 Å². The number of nitrogens with zero attached hydrogens (tertiary/aromatic N) is 4. The highest BCUT2D eigenvalue weighted by atomic mass is 16.2. The molecule has 0 atom stereocenters. The monoisotopic (exact) mass is 358 g/mol. The van der Waals surface area contributed by atoms with Crippen LogP contribution in [0.25, 0.3) is 16.7 Å². The summed E-state index contributed by atoms with van der Waals surface area (Å²) in [5.74, 6) is 0. The Kier molecular flexibility index (Phi) is 4.16. The molecule has 1 aromatic carbocycles. The van der Waals surface area contributed by atoms with E-state index in [4.69, 9.17) is 0 Å². The van der Waals surface area contributed by atoms with Crippen molar-refractivity contribution in [3.05, 3.63) is 98.6 Å². The Labute approximate surface area is 155 Å². The molecule has 0 aliphatic carbocycles.